The quantitative estimate of drug-likeness (QED) is 0.735. The van der Waals surface area contributed by atoms with Crippen molar-refractivity contribution < 1.29 is 13.2 Å². The van der Waals surface area contributed by atoms with E-state index >= 15 is 0 Å². The fraction of sp³-hybridized carbons (Fsp3) is 0.333. The Bertz CT molecular complexity index is 726. The zero-order valence-electron chi connectivity index (χ0n) is 11.6. The molecule has 2 aromatic rings. The van der Waals surface area contributed by atoms with Crippen molar-refractivity contribution in [3.05, 3.63) is 24.3 Å². The van der Waals surface area contributed by atoms with Gasteiger partial charge in [-0.2, -0.15) is 0 Å². The standard InChI is InChI=1S/C12H17N5O3S/c1-2-21(18,19)12-11(14)17(16-15-12)6-7-20-10-5-3-4-9(13)8-10/h3-5,8H,2,6-7,13-14H2,1H3. The van der Waals surface area contributed by atoms with Crippen molar-refractivity contribution >= 4 is 21.3 Å². The first kappa shape index (κ1) is 15.1. The van der Waals surface area contributed by atoms with Crippen LogP contribution in [0.1, 0.15) is 6.92 Å². The molecule has 1 aromatic carbocycles. The van der Waals surface area contributed by atoms with Gasteiger partial charge in [0.15, 0.2) is 5.82 Å². The highest BCUT2D eigenvalue weighted by molar-refractivity contribution is 7.91. The largest absolute Gasteiger partial charge is 0.492 e. The average molecular weight is 311 g/mol. The second-order valence-corrected chi connectivity index (χ2v) is 6.52. The molecule has 0 aliphatic rings. The molecule has 0 aliphatic heterocycles. The Kier molecular flexibility index (Phi) is 4.32. The number of hydrogen-bond donors (Lipinski definition) is 2. The summed E-state index contributed by atoms with van der Waals surface area (Å²) in [6.07, 6.45) is 0. The van der Waals surface area contributed by atoms with Gasteiger partial charge in [-0.3, -0.25) is 0 Å². The van der Waals surface area contributed by atoms with E-state index in [-0.39, 0.29) is 29.7 Å². The molecule has 0 aliphatic carbocycles. The molecule has 114 valence electrons. The van der Waals surface area contributed by atoms with Crippen LogP contribution in [-0.4, -0.2) is 35.8 Å². The Morgan fingerprint density at radius 1 is 1.33 bits per heavy atom. The molecule has 0 spiro atoms. The van der Waals surface area contributed by atoms with Crippen LogP contribution in [0.15, 0.2) is 29.3 Å². The lowest BCUT2D eigenvalue weighted by atomic mass is 10.3. The zero-order chi connectivity index (χ0) is 15.5. The summed E-state index contributed by atoms with van der Waals surface area (Å²) in [5, 5.41) is 7.17. The van der Waals surface area contributed by atoms with E-state index in [1.807, 2.05) is 0 Å². The van der Waals surface area contributed by atoms with E-state index in [4.69, 9.17) is 16.2 Å². The van der Waals surface area contributed by atoms with Crippen LogP contribution in [0.2, 0.25) is 0 Å². The van der Waals surface area contributed by atoms with E-state index < -0.39 is 9.84 Å². The van der Waals surface area contributed by atoms with Crippen molar-refractivity contribution in [1.82, 2.24) is 15.0 Å². The Balaban J connectivity index is 2.02. The predicted octanol–water partition coefficient (Wildman–Crippen LogP) is 0.315. The highest BCUT2D eigenvalue weighted by atomic mass is 32.2. The van der Waals surface area contributed by atoms with Crippen LogP contribution in [0.5, 0.6) is 5.75 Å². The molecule has 21 heavy (non-hydrogen) atoms. The van der Waals surface area contributed by atoms with Crippen molar-refractivity contribution in [2.45, 2.75) is 18.5 Å². The summed E-state index contributed by atoms with van der Waals surface area (Å²) >= 11 is 0. The van der Waals surface area contributed by atoms with Crippen molar-refractivity contribution in [3.8, 4) is 5.75 Å². The number of rotatable bonds is 6. The molecule has 0 radical (unpaired) electrons. The van der Waals surface area contributed by atoms with Crippen LogP contribution in [-0.2, 0) is 16.4 Å². The summed E-state index contributed by atoms with van der Waals surface area (Å²) in [6, 6.07) is 7.00. The summed E-state index contributed by atoms with van der Waals surface area (Å²) in [5.41, 5.74) is 12.0. The fourth-order valence-electron chi connectivity index (χ4n) is 1.68. The molecule has 1 aromatic heterocycles. The van der Waals surface area contributed by atoms with E-state index in [0.717, 1.165) is 0 Å². The van der Waals surface area contributed by atoms with Crippen LogP contribution < -0.4 is 16.2 Å². The number of nitrogens with two attached hydrogens (primary N) is 2. The molecule has 0 saturated heterocycles. The SMILES string of the molecule is CCS(=O)(=O)c1nnn(CCOc2cccc(N)c2)c1N. The Labute approximate surface area is 122 Å². The molecule has 9 heteroatoms. The minimum atomic E-state index is -3.47. The molecule has 2 rings (SSSR count). The first-order valence-corrected chi connectivity index (χ1v) is 7.99. The van der Waals surface area contributed by atoms with E-state index in [0.29, 0.717) is 11.4 Å². The number of sulfone groups is 1. The number of anilines is 2. The average Bonchev–Trinajstić information content (AvgIpc) is 2.81. The Morgan fingerprint density at radius 3 is 2.76 bits per heavy atom. The molecule has 8 nitrogen and oxygen atoms in total. The van der Waals surface area contributed by atoms with Gasteiger partial charge in [0.1, 0.15) is 12.4 Å². The van der Waals surface area contributed by atoms with Gasteiger partial charge >= 0.3 is 0 Å². The third kappa shape index (κ3) is 3.43. The molecule has 0 fully saturated rings. The van der Waals surface area contributed by atoms with Crippen LogP contribution in [0.4, 0.5) is 11.5 Å². The lowest BCUT2D eigenvalue weighted by Gasteiger charge is -2.07. The van der Waals surface area contributed by atoms with E-state index in [1.165, 1.54) is 11.6 Å². The van der Waals surface area contributed by atoms with Crippen molar-refractivity contribution in [3.63, 3.8) is 0 Å². The number of aromatic nitrogens is 3. The van der Waals surface area contributed by atoms with Gasteiger partial charge in [0.25, 0.3) is 0 Å². The molecule has 0 unspecified atom stereocenters. The summed E-state index contributed by atoms with van der Waals surface area (Å²) < 4.78 is 30.2. The molecular formula is C12H17N5O3S. The van der Waals surface area contributed by atoms with Crippen LogP contribution in [0.25, 0.3) is 0 Å². The topological polar surface area (TPSA) is 126 Å². The van der Waals surface area contributed by atoms with Crippen LogP contribution in [0, 0.1) is 0 Å². The maximum Gasteiger partial charge on any atom is 0.220 e. The molecule has 0 bridgehead atoms. The first-order valence-electron chi connectivity index (χ1n) is 6.34. The maximum atomic E-state index is 11.7. The number of ether oxygens (including phenoxy) is 1. The van der Waals surface area contributed by atoms with Crippen molar-refractivity contribution in [2.75, 3.05) is 23.8 Å². The minimum Gasteiger partial charge on any atom is -0.492 e. The molecule has 1 heterocycles. The van der Waals surface area contributed by atoms with Gasteiger partial charge in [-0.25, -0.2) is 13.1 Å². The van der Waals surface area contributed by atoms with Gasteiger partial charge in [0.05, 0.1) is 12.3 Å². The number of hydrogen-bond acceptors (Lipinski definition) is 7. The summed E-state index contributed by atoms with van der Waals surface area (Å²) in [6.45, 7) is 2.08. The highest BCUT2D eigenvalue weighted by Crippen LogP contribution is 2.17. The second kappa shape index (κ2) is 6.00. The normalized spacial score (nSPS) is 11.5. The van der Waals surface area contributed by atoms with Crippen LogP contribution in [0.3, 0.4) is 0 Å². The third-order valence-corrected chi connectivity index (χ3v) is 4.49. The smallest absolute Gasteiger partial charge is 0.220 e. The van der Waals surface area contributed by atoms with E-state index in [1.54, 1.807) is 24.3 Å². The molecule has 0 amide bonds. The minimum absolute atomic E-state index is 0.0213. The third-order valence-electron chi connectivity index (χ3n) is 2.85. The van der Waals surface area contributed by atoms with Gasteiger partial charge in [-0.15, -0.1) is 5.10 Å². The lowest BCUT2D eigenvalue weighted by molar-refractivity contribution is 0.291. The number of nitrogens with zero attached hydrogens (tertiary/aromatic N) is 3. The van der Waals surface area contributed by atoms with Gasteiger partial charge in [0.2, 0.25) is 14.9 Å². The molecule has 0 atom stereocenters. The van der Waals surface area contributed by atoms with Crippen molar-refractivity contribution in [1.29, 1.82) is 0 Å². The summed E-state index contributed by atoms with van der Waals surface area (Å²) in [4.78, 5) is 0. The van der Waals surface area contributed by atoms with Crippen LogP contribution >= 0.6 is 0 Å². The molecule has 0 saturated carbocycles. The van der Waals surface area contributed by atoms with Gasteiger partial charge in [-0.1, -0.05) is 18.2 Å². The second-order valence-electron chi connectivity index (χ2n) is 4.33. The van der Waals surface area contributed by atoms with Gasteiger partial charge in [-0.05, 0) is 12.1 Å². The van der Waals surface area contributed by atoms with Crippen molar-refractivity contribution in [2.24, 2.45) is 0 Å². The lowest BCUT2D eigenvalue weighted by Crippen LogP contribution is -2.13. The zero-order valence-corrected chi connectivity index (χ0v) is 12.4. The van der Waals surface area contributed by atoms with Gasteiger partial charge in [0, 0.05) is 11.8 Å². The Hall–Kier alpha value is -2.29. The maximum absolute atomic E-state index is 11.7. The Morgan fingerprint density at radius 2 is 2.10 bits per heavy atom. The predicted molar refractivity (Wildman–Crippen MR) is 78.5 cm³/mol. The first-order chi connectivity index (χ1) is 9.94. The molecule has 4 N–H and O–H groups in total. The monoisotopic (exact) mass is 311 g/mol. The number of benzene rings is 1. The van der Waals surface area contributed by atoms with Gasteiger partial charge < -0.3 is 16.2 Å². The summed E-state index contributed by atoms with van der Waals surface area (Å²) in [5.74, 6) is 0.568. The van der Waals surface area contributed by atoms with E-state index in [9.17, 15) is 8.42 Å². The van der Waals surface area contributed by atoms with E-state index in [2.05, 4.69) is 10.3 Å². The summed E-state index contributed by atoms with van der Waals surface area (Å²) in [7, 11) is -3.47. The molecular weight excluding hydrogens is 294 g/mol. The highest BCUT2D eigenvalue weighted by Gasteiger charge is 2.21. The number of nitrogen functional groups attached to an aromatic ring is 2. The fourth-order valence-corrected chi connectivity index (χ4v) is 2.54.